The maximum atomic E-state index is 11.3. The van der Waals surface area contributed by atoms with E-state index >= 15 is 0 Å². The molecule has 36 heteroatoms. The zero-order chi connectivity index (χ0) is 64.5. The molecule has 1 aliphatic carbocycles. The van der Waals surface area contributed by atoms with E-state index in [1.165, 1.54) is 12.8 Å². The van der Waals surface area contributed by atoms with Crippen molar-refractivity contribution >= 4 is 0 Å². The summed E-state index contributed by atoms with van der Waals surface area (Å²) in [6, 6.07) is 0. The molecule has 0 spiro atoms. The van der Waals surface area contributed by atoms with Crippen LogP contribution in [0.1, 0.15) is 40.0 Å². The summed E-state index contributed by atoms with van der Waals surface area (Å²) in [5.74, 6) is 1.95. The molecule has 3 unspecified atom stereocenters. The fourth-order valence-corrected chi connectivity index (χ4v) is 12.6. The minimum absolute atomic E-state index is 0.0289. The highest BCUT2D eigenvalue weighted by atomic mass is 16.8. The summed E-state index contributed by atoms with van der Waals surface area (Å²) >= 11 is 0. The molecule has 22 rings (SSSR count). The molecule has 0 radical (unpaired) electrons. The Balaban J connectivity index is 0.000000821. The Kier molecular flexibility index (Phi) is 25.8. The fourth-order valence-electron chi connectivity index (χ4n) is 12.6. The number of rotatable bonds is 8. The fraction of sp³-hybridized carbons (Fsp3) is 1.00. The summed E-state index contributed by atoms with van der Waals surface area (Å²) in [4.78, 5) is 0. The number of aliphatic hydroxyl groups is 22. The van der Waals surface area contributed by atoms with Crippen molar-refractivity contribution in [1.82, 2.24) is 0 Å². The van der Waals surface area contributed by atoms with Gasteiger partial charge in [0.1, 0.15) is 171 Å². The van der Waals surface area contributed by atoms with E-state index in [9.17, 15) is 112 Å². The molecule has 514 valence electrons. The monoisotopic (exact) mass is 1290 g/mol. The third-order valence-corrected chi connectivity index (χ3v) is 17.8. The molecule has 1 saturated carbocycles. The summed E-state index contributed by atoms with van der Waals surface area (Å²) in [5.41, 5.74) is 0. The highest BCUT2D eigenvalue weighted by Crippen LogP contribution is 2.40. The molecule has 0 amide bonds. The SMILES string of the molecule is CC1CCC(C(C)C)C(O)C1.OC[C@H]1O[C@@H]2O[C@H]3[C@H](O)[C@@H](O)[C@@H](O[C@H]4[C@H](O)[C@@H](O)[C@@H](O[C@H]5[C@H](O)[C@@H](O)[C@@H](O[C@H]6[C@H](O)[C@@H](O)[C@@H](O[C@H]7[C@H](O)[C@@H](O)[C@@H](O[C@H]8[C@H](O)[C@@H](O)[C@@H](O[C@H]1[C@H](O)[C@H]2O)O[C@@H]8CO)O[C@@H]7CO)O[C@@H]6CO)O[C@@H]5CO)O[C@@H]4CO)O[C@@H]3CO. The lowest BCUT2D eigenvalue weighted by molar-refractivity contribution is -0.396. The van der Waals surface area contributed by atoms with Gasteiger partial charge in [0.05, 0.1) is 52.4 Å². The zero-order valence-corrected chi connectivity index (χ0v) is 48.1. The highest BCUT2D eigenvalue weighted by Gasteiger charge is 2.59. The van der Waals surface area contributed by atoms with Crippen molar-refractivity contribution in [3.8, 4) is 0 Å². The van der Waals surface area contributed by atoms with Gasteiger partial charge in [-0.3, -0.25) is 0 Å². The lowest BCUT2D eigenvalue weighted by Crippen LogP contribution is -2.68. The number of hydrogen-bond donors (Lipinski definition) is 22. The van der Waals surface area contributed by atoms with Crippen molar-refractivity contribution in [2.24, 2.45) is 17.8 Å². The molecule has 0 aromatic heterocycles. The lowest BCUT2D eigenvalue weighted by Gasteiger charge is -2.50. The van der Waals surface area contributed by atoms with Crippen LogP contribution >= 0.6 is 0 Å². The molecule has 0 aromatic carbocycles. The van der Waals surface area contributed by atoms with Gasteiger partial charge in [-0.2, -0.15) is 0 Å². The summed E-state index contributed by atoms with van der Waals surface area (Å²) in [6.07, 6.45) is -66.7. The van der Waals surface area contributed by atoms with Crippen LogP contribution in [0.25, 0.3) is 0 Å². The predicted octanol–water partition coefficient (Wildman–Crippen LogP) is -12.8. The van der Waals surface area contributed by atoms with Crippen molar-refractivity contribution in [2.45, 2.75) is 261 Å². The third kappa shape index (κ3) is 15.1. The average molecular weight is 1290 g/mol. The first-order valence-corrected chi connectivity index (χ1v) is 29.4. The molecule has 22 N–H and O–H groups in total. The van der Waals surface area contributed by atoms with Gasteiger partial charge in [0, 0.05) is 0 Å². The maximum Gasteiger partial charge on any atom is 0.187 e. The minimum Gasteiger partial charge on any atom is -0.394 e. The van der Waals surface area contributed by atoms with E-state index in [1.54, 1.807) is 0 Å². The molecule has 21 aliphatic heterocycles. The van der Waals surface area contributed by atoms with Gasteiger partial charge in [0.25, 0.3) is 0 Å². The molecule has 36 nitrogen and oxygen atoms in total. The van der Waals surface area contributed by atoms with E-state index < -0.39 is 261 Å². The minimum atomic E-state index is -2.21. The summed E-state index contributed by atoms with van der Waals surface area (Å²) in [7, 11) is 0. The van der Waals surface area contributed by atoms with Crippen LogP contribution in [0.15, 0.2) is 0 Å². The second-order valence-corrected chi connectivity index (χ2v) is 24.0. The van der Waals surface area contributed by atoms with Gasteiger partial charge in [-0.25, -0.2) is 0 Å². The van der Waals surface area contributed by atoms with Crippen LogP contribution in [0.2, 0.25) is 0 Å². The van der Waals surface area contributed by atoms with Crippen molar-refractivity contribution in [2.75, 3.05) is 46.2 Å². The summed E-state index contributed by atoms with van der Waals surface area (Å²) in [6.45, 7) is -0.667. The van der Waals surface area contributed by atoms with E-state index in [0.717, 1.165) is 12.3 Å². The average Bonchev–Trinajstić information content (AvgIpc) is 1.46. The molecular weight excluding hydrogens is 1200 g/mol. The van der Waals surface area contributed by atoms with Crippen molar-refractivity contribution in [1.29, 1.82) is 0 Å². The molecule has 88 heavy (non-hydrogen) atoms. The summed E-state index contributed by atoms with van der Waals surface area (Å²) in [5, 5.41) is 240. The molecule has 38 atom stereocenters. The summed E-state index contributed by atoms with van der Waals surface area (Å²) < 4.78 is 79.5. The topological polar surface area (TPSA) is 574 Å². The van der Waals surface area contributed by atoms with E-state index in [-0.39, 0.29) is 6.10 Å². The van der Waals surface area contributed by atoms with Gasteiger partial charge in [-0.15, -0.1) is 0 Å². The first-order chi connectivity index (χ1) is 41.8. The molecular formula is C52H90O36. The first-order valence-electron chi connectivity index (χ1n) is 29.4. The highest BCUT2D eigenvalue weighted by molar-refractivity contribution is 5.02. The van der Waals surface area contributed by atoms with Crippen molar-refractivity contribution in [3.05, 3.63) is 0 Å². The standard InChI is InChI=1S/C42H70O35.C10H20O/c43-1-8-29-15(50)22(57)36(64-8)72-30-9(2-44)66-38(24(59)17(30)52)74-32-11(4-46)68-40(26(61)19(32)54)76-34-13(6-48)70-42(28(63)21(34)56)77-35-14(7-49)69-41(27(62)20(35)55)75-33-12(5-47)67-39(25(60)18(33)53)73-31-10(3-45)65-37(71-29)23(58)16(31)51;1-7(2)9-5-4-8(3)6-10(9)11/h8-63H,1-7H2;7-11H,4-6H2,1-3H3/t8-,9-,10-,11-,12-,13-,14-,15-,16-,17-,18-,19-,20-,21-,22-,23-,24-,25-,26-,27-,28-,29-,30-,31-,32-,33-,34-,35-,36-,37-,38-,39-,40-,41-,42-;/m1./s1. The van der Waals surface area contributed by atoms with Crippen LogP contribution in [0, 0.1) is 17.8 Å². The Bertz CT molecular complexity index is 1730. The smallest absolute Gasteiger partial charge is 0.187 e. The Hall–Kier alpha value is -1.44. The zero-order valence-electron chi connectivity index (χ0n) is 48.1. The van der Waals surface area contributed by atoms with Crippen LogP contribution in [-0.4, -0.2) is 380 Å². The molecule has 21 saturated heterocycles. The molecule has 0 aromatic rings. The van der Waals surface area contributed by atoms with Gasteiger partial charge in [-0.05, 0) is 30.6 Å². The Morgan fingerprint density at radius 3 is 0.568 bits per heavy atom. The van der Waals surface area contributed by atoms with Crippen LogP contribution < -0.4 is 0 Å². The van der Waals surface area contributed by atoms with Crippen LogP contribution in [0.5, 0.6) is 0 Å². The van der Waals surface area contributed by atoms with Gasteiger partial charge in [0.15, 0.2) is 44.0 Å². The molecule has 21 heterocycles. The largest absolute Gasteiger partial charge is 0.394 e. The van der Waals surface area contributed by atoms with E-state index in [4.69, 9.17) is 66.3 Å². The molecule has 22 fully saturated rings. The van der Waals surface area contributed by atoms with Gasteiger partial charge >= 0.3 is 0 Å². The van der Waals surface area contributed by atoms with Crippen LogP contribution in [-0.2, 0) is 66.3 Å². The third-order valence-electron chi connectivity index (χ3n) is 17.8. The second-order valence-electron chi connectivity index (χ2n) is 24.0. The van der Waals surface area contributed by atoms with Crippen LogP contribution in [0.4, 0.5) is 0 Å². The quantitative estimate of drug-likeness (QED) is 0.107. The molecule has 22 aliphatic rings. The second kappa shape index (κ2) is 31.4. The van der Waals surface area contributed by atoms with Crippen molar-refractivity contribution < 1.29 is 179 Å². The van der Waals surface area contributed by atoms with Gasteiger partial charge < -0.3 is 179 Å². The van der Waals surface area contributed by atoms with Crippen LogP contribution in [0.3, 0.4) is 0 Å². The first kappa shape index (κ1) is 72.4. The normalized spacial score (nSPS) is 53.4. The maximum absolute atomic E-state index is 11.3. The van der Waals surface area contributed by atoms with Gasteiger partial charge in [-0.1, -0.05) is 27.2 Å². The Labute approximate surface area is 502 Å². The Morgan fingerprint density at radius 1 is 0.261 bits per heavy atom. The predicted molar refractivity (Wildman–Crippen MR) is 276 cm³/mol. The van der Waals surface area contributed by atoms with E-state index in [2.05, 4.69) is 20.8 Å². The van der Waals surface area contributed by atoms with E-state index in [1.807, 2.05) is 0 Å². The van der Waals surface area contributed by atoms with E-state index in [0.29, 0.717) is 11.8 Å². The number of aliphatic hydroxyl groups excluding tert-OH is 22. The molecule has 14 bridgehead atoms. The lowest BCUT2D eigenvalue weighted by atomic mass is 9.75. The number of ether oxygens (including phenoxy) is 14. The number of hydrogen-bond acceptors (Lipinski definition) is 36. The van der Waals surface area contributed by atoms with Gasteiger partial charge in [0.2, 0.25) is 0 Å². The Morgan fingerprint density at radius 2 is 0.432 bits per heavy atom. The van der Waals surface area contributed by atoms with Crippen molar-refractivity contribution in [3.63, 3.8) is 0 Å².